The summed E-state index contributed by atoms with van der Waals surface area (Å²) in [6.07, 6.45) is 6.66. The average Bonchev–Trinajstić information content (AvgIpc) is 3.26. The summed E-state index contributed by atoms with van der Waals surface area (Å²) in [5, 5.41) is 12.2. The minimum Gasteiger partial charge on any atom is -0.394 e. The Hall–Kier alpha value is -3.82. The third kappa shape index (κ3) is 4.11. The van der Waals surface area contributed by atoms with Crippen molar-refractivity contribution in [3.05, 3.63) is 71.9 Å². The molecule has 1 aliphatic rings. The number of nitrogens with one attached hydrogen (secondary N) is 1. The first-order valence-corrected chi connectivity index (χ1v) is 11.2. The molecule has 4 heterocycles. The number of aromatic nitrogens is 4. The summed E-state index contributed by atoms with van der Waals surface area (Å²) < 4.78 is 7.76. The van der Waals surface area contributed by atoms with Crippen LogP contribution in [0.25, 0.3) is 16.8 Å². The van der Waals surface area contributed by atoms with E-state index in [2.05, 4.69) is 15.3 Å². The molecule has 9 nitrogen and oxygen atoms in total. The standard InChI is InChI=1S/C25H26N6O3/c1-15-3-2-10-28-23(15)30-25(33)17-6-4-16(5-7-17)20-21-22(26)27-11-12-31(21)24(29-20)18-8-9-19(13-32)34-14-18/h2-7,10-12,18-19,32H,8-9,13-14H2,1H3,(H2,26,27)(H,28,30,33). The molecule has 2 atom stereocenters. The topological polar surface area (TPSA) is 128 Å². The van der Waals surface area contributed by atoms with Crippen molar-refractivity contribution in [3.8, 4) is 11.3 Å². The van der Waals surface area contributed by atoms with E-state index >= 15 is 0 Å². The van der Waals surface area contributed by atoms with Gasteiger partial charge in [0.1, 0.15) is 28.7 Å². The van der Waals surface area contributed by atoms with Gasteiger partial charge in [-0.1, -0.05) is 18.2 Å². The molecule has 1 saturated heterocycles. The molecule has 34 heavy (non-hydrogen) atoms. The van der Waals surface area contributed by atoms with Crippen LogP contribution in [0.3, 0.4) is 0 Å². The van der Waals surface area contributed by atoms with Crippen LogP contribution in [0.15, 0.2) is 55.0 Å². The van der Waals surface area contributed by atoms with Crippen LogP contribution in [-0.2, 0) is 4.74 Å². The van der Waals surface area contributed by atoms with E-state index in [1.807, 2.05) is 41.8 Å². The zero-order valence-electron chi connectivity index (χ0n) is 18.8. The third-order valence-corrected chi connectivity index (χ3v) is 6.21. The van der Waals surface area contributed by atoms with Crippen LogP contribution in [0, 0.1) is 6.92 Å². The molecule has 4 aromatic rings. The Morgan fingerprint density at radius 1 is 1.21 bits per heavy atom. The van der Waals surface area contributed by atoms with Gasteiger partial charge in [-0.05, 0) is 43.5 Å². The molecule has 1 aliphatic heterocycles. The lowest BCUT2D eigenvalue weighted by Crippen LogP contribution is -2.28. The highest BCUT2D eigenvalue weighted by molar-refractivity contribution is 6.04. The van der Waals surface area contributed by atoms with E-state index in [1.54, 1.807) is 24.5 Å². The number of aryl methyl sites for hydroxylation is 1. The number of rotatable bonds is 5. The van der Waals surface area contributed by atoms with Gasteiger partial charge in [0, 0.05) is 35.6 Å². The molecule has 4 N–H and O–H groups in total. The second kappa shape index (κ2) is 9.20. The SMILES string of the molecule is Cc1cccnc1NC(=O)c1ccc(-c2nc(C3CCC(CO)OC3)n3ccnc(N)c23)cc1. The number of aliphatic hydroxyl groups is 1. The number of nitrogen functional groups attached to an aromatic ring is 1. The van der Waals surface area contributed by atoms with Crippen molar-refractivity contribution < 1.29 is 14.6 Å². The zero-order valence-corrected chi connectivity index (χ0v) is 18.8. The minimum atomic E-state index is -0.234. The Bertz CT molecular complexity index is 1330. The molecule has 0 saturated carbocycles. The number of imidazole rings is 1. The fourth-order valence-corrected chi connectivity index (χ4v) is 4.31. The second-order valence-electron chi connectivity index (χ2n) is 8.46. The van der Waals surface area contributed by atoms with Crippen molar-refractivity contribution in [1.29, 1.82) is 0 Å². The number of pyridine rings is 1. The van der Waals surface area contributed by atoms with Crippen LogP contribution in [0.2, 0.25) is 0 Å². The number of anilines is 2. The fraction of sp³-hybridized carbons (Fsp3) is 0.280. The van der Waals surface area contributed by atoms with E-state index in [1.165, 1.54) is 0 Å². The van der Waals surface area contributed by atoms with Crippen LogP contribution in [0.5, 0.6) is 0 Å². The summed E-state index contributed by atoms with van der Waals surface area (Å²) in [6.45, 7) is 2.40. The molecule has 0 radical (unpaired) electrons. The molecule has 0 spiro atoms. The summed E-state index contributed by atoms with van der Waals surface area (Å²) in [5.74, 6) is 1.62. The van der Waals surface area contributed by atoms with Gasteiger partial charge >= 0.3 is 0 Å². The Morgan fingerprint density at radius 3 is 2.74 bits per heavy atom. The van der Waals surface area contributed by atoms with Crippen LogP contribution in [-0.4, -0.2) is 49.7 Å². The highest BCUT2D eigenvalue weighted by Crippen LogP contribution is 2.34. The first-order chi connectivity index (χ1) is 16.5. The third-order valence-electron chi connectivity index (χ3n) is 6.21. The number of amides is 1. The Kier molecular flexibility index (Phi) is 5.95. The quantitative estimate of drug-likeness (QED) is 0.419. The van der Waals surface area contributed by atoms with Gasteiger partial charge in [0.05, 0.1) is 19.3 Å². The molecule has 0 aliphatic carbocycles. The normalized spacial score (nSPS) is 18.2. The second-order valence-corrected chi connectivity index (χ2v) is 8.46. The van der Waals surface area contributed by atoms with Crippen molar-refractivity contribution in [2.24, 2.45) is 0 Å². The monoisotopic (exact) mass is 458 g/mol. The molecule has 1 aromatic carbocycles. The van der Waals surface area contributed by atoms with Crippen molar-refractivity contribution >= 4 is 23.1 Å². The average molecular weight is 459 g/mol. The number of hydrogen-bond acceptors (Lipinski definition) is 7. The number of nitrogens with two attached hydrogens (primary N) is 1. The van der Waals surface area contributed by atoms with Crippen LogP contribution < -0.4 is 11.1 Å². The number of aliphatic hydroxyl groups excluding tert-OH is 1. The van der Waals surface area contributed by atoms with Crippen LogP contribution in [0.1, 0.15) is 40.5 Å². The van der Waals surface area contributed by atoms with Crippen molar-refractivity contribution in [2.75, 3.05) is 24.3 Å². The molecule has 9 heteroatoms. The predicted molar refractivity (Wildman–Crippen MR) is 129 cm³/mol. The first kappa shape index (κ1) is 22.0. The summed E-state index contributed by atoms with van der Waals surface area (Å²) in [7, 11) is 0. The number of ether oxygens (including phenoxy) is 1. The summed E-state index contributed by atoms with van der Waals surface area (Å²) in [5.41, 5.74) is 9.92. The highest BCUT2D eigenvalue weighted by Gasteiger charge is 2.28. The molecule has 1 fully saturated rings. The highest BCUT2D eigenvalue weighted by atomic mass is 16.5. The Labute approximate surface area is 196 Å². The zero-order chi connectivity index (χ0) is 23.7. The molecular weight excluding hydrogens is 432 g/mol. The molecule has 5 rings (SSSR count). The summed E-state index contributed by atoms with van der Waals surface area (Å²) >= 11 is 0. The van der Waals surface area contributed by atoms with Crippen molar-refractivity contribution in [3.63, 3.8) is 0 Å². The number of hydrogen-bond donors (Lipinski definition) is 3. The number of carbonyl (C=O) groups excluding carboxylic acids is 1. The van der Waals surface area contributed by atoms with Crippen LogP contribution in [0.4, 0.5) is 11.6 Å². The van der Waals surface area contributed by atoms with E-state index in [-0.39, 0.29) is 24.5 Å². The van der Waals surface area contributed by atoms with Gasteiger partial charge in [-0.25, -0.2) is 15.0 Å². The van der Waals surface area contributed by atoms with Crippen LogP contribution >= 0.6 is 0 Å². The van der Waals surface area contributed by atoms with Gasteiger partial charge in [-0.2, -0.15) is 0 Å². The molecule has 1 amide bonds. The maximum Gasteiger partial charge on any atom is 0.256 e. The number of carbonyl (C=O) groups is 1. The smallest absolute Gasteiger partial charge is 0.256 e. The van der Waals surface area contributed by atoms with Gasteiger partial charge in [-0.15, -0.1) is 0 Å². The lowest BCUT2D eigenvalue weighted by atomic mass is 9.98. The number of benzene rings is 1. The maximum absolute atomic E-state index is 12.7. The van der Waals surface area contributed by atoms with Gasteiger partial charge in [0.25, 0.3) is 5.91 Å². The molecule has 2 unspecified atom stereocenters. The summed E-state index contributed by atoms with van der Waals surface area (Å²) in [6, 6.07) is 11.0. The van der Waals surface area contributed by atoms with E-state index in [9.17, 15) is 9.90 Å². The molecular formula is C25H26N6O3. The minimum absolute atomic E-state index is 0.0248. The van der Waals surface area contributed by atoms with E-state index in [0.29, 0.717) is 29.5 Å². The predicted octanol–water partition coefficient (Wildman–Crippen LogP) is 3.19. The van der Waals surface area contributed by atoms with E-state index in [4.69, 9.17) is 15.5 Å². The van der Waals surface area contributed by atoms with E-state index < -0.39 is 0 Å². The maximum atomic E-state index is 12.7. The number of nitrogens with zero attached hydrogens (tertiary/aromatic N) is 4. The van der Waals surface area contributed by atoms with Gasteiger partial charge in [0.15, 0.2) is 0 Å². The molecule has 0 bridgehead atoms. The largest absolute Gasteiger partial charge is 0.394 e. The molecule has 3 aromatic heterocycles. The van der Waals surface area contributed by atoms with Crippen molar-refractivity contribution in [2.45, 2.75) is 31.8 Å². The first-order valence-electron chi connectivity index (χ1n) is 11.2. The summed E-state index contributed by atoms with van der Waals surface area (Å²) in [4.78, 5) is 26.1. The lowest BCUT2D eigenvalue weighted by molar-refractivity contribution is -0.0282. The van der Waals surface area contributed by atoms with Gasteiger partial charge in [0.2, 0.25) is 0 Å². The Balaban J connectivity index is 1.45. The van der Waals surface area contributed by atoms with Gasteiger partial charge in [-0.3, -0.25) is 9.20 Å². The molecule has 174 valence electrons. The number of fused-ring (bicyclic) bond motifs is 1. The van der Waals surface area contributed by atoms with E-state index in [0.717, 1.165) is 35.3 Å². The Morgan fingerprint density at radius 2 is 2.03 bits per heavy atom. The fourth-order valence-electron chi connectivity index (χ4n) is 4.31. The lowest BCUT2D eigenvalue weighted by Gasteiger charge is -2.27. The van der Waals surface area contributed by atoms with Gasteiger partial charge < -0.3 is 20.9 Å². The van der Waals surface area contributed by atoms with Crippen molar-refractivity contribution in [1.82, 2.24) is 19.4 Å².